The summed E-state index contributed by atoms with van der Waals surface area (Å²) in [5.74, 6) is -1.46. The van der Waals surface area contributed by atoms with E-state index in [0.717, 1.165) is 0 Å². The van der Waals surface area contributed by atoms with Crippen LogP contribution >= 0.6 is 0 Å². The minimum atomic E-state index is -3.49. The van der Waals surface area contributed by atoms with Gasteiger partial charge in [-0.05, 0) is 12.8 Å². The van der Waals surface area contributed by atoms with E-state index in [0.29, 0.717) is 12.8 Å². The fourth-order valence-corrected chi connectivity index (χ4v) is 1.49. The molecule has 7 heteroatoms. The first-order valence-electron chi connectivity index (χ1n) is 4.04. The molecule has 0 bridgehead atoms. The third-order valence-electron chi connectivity index (χ3n) is 1.39. The summed E-state index contributed by atoms with van der Waals surface area (Å²) in [4.78, 5) is 10.1. The normalized spacial score (nSPS) is 10.8. The number of carboxylic acids is 1. The van der Waals surface area contributed by atoms with Crippen molar-refractivity contribution in [2.24, 2.45) is 0 Å². The largest absolute Gasteiger partial charge is 0.481 e. The Morgan fingerprint density at radius 1 is 1.43 bits per heavy atom. The van der Waals surface area contributed by atoms with E-state index in [4.69, 9.17) is 10.4 Å². The number of hydrogen-bond donors (Lipinski definition) is 2. The van der Waals surface area contributed by atoms with Gasteiger partial charge in [-0.3, -0.25) is 4.79 Å². The fraction of sp³-hybridized carbons (Fsp3) is 0.714. The van der Waals surface area contributed by atoms with E-state index in [1.807, 2.05) is 0 Å². The Kier molecular flexibility index (Phi) is 5.83. The molecule has 0 saturated carbocycles. The van der Waals surface area contributed by atoms with Crippen LogP contribution in [0.15, 0.2) is 0 Å². The van der Waals surface area contributed by atoms with E-state index in [2.05, 4.69) is 4.72 Å². The minimum Gasteiger partial charge on any atom is -0.481 e. The summed E-state index contributed by atoms with van der Waals surface area (Å²) in [7, 11) is -3.49. The molecule has 80 valence electrons. The average Bonchev–Trinajstić information content (AvgIpc) is 2.02. The molecular formula is C7H12N2O4S. The third-order valence-corrected chi connectivity index (χ3v) is 2.55. The van der Waals surface area contributed by atoms with Crippen molar-refractivity contribution in [3.05, 3.63) is 0 Å². The van der Waals surface area contributed by atoms with Crippen LogP contribution in [0.4, 0.5) is 0 Å². The van der Waals surface area contributed by atoms with Gasteiger partial charge in [0.15, 0.2) is 5.75 Å². The molecule has 0 aromatic rings. The lowest BCUT2D eigenvalue weighted by Crippen LogP contribution is -2.26. The highest BCUT2D eigenvalue weighted by Gasteiger charge is 2.07. The second-order valence-corrected chi connectivity index (χ2v) is 4.47. The number of aliphatic carboxylic acids is 1. The second kappa shape index (κ2) is 6.34. The lowest BCUT2D eigenvalue weighted by Gasteiger charge is -2.01. The van der Waals surface area contributed by atoms with Gasteiger partial charge in [-0.2, -0.15) is 5.26 Å². The number of nitrogens with one attached hydrogen (secondary N) is 1. The van der Waals surface area contributed by atoms with Gasteiger partial charge >= 0.3 is 5.97 Å². The van der Waals surface area contributed by atoms with Crippen LogP contribution in [-0.2, 0) is 14.8 Å². The van der Waals surface area contributed by atoms with E-state index in [-0.39, 0.29) is 13.0 Å². The predicted octanol–water partition coefficient (Wildman–Crippen LogP) is -0.316. The summed E-state index contributed by atoms with van der Waals surface area (Å²) < 4.78 is 23.9. The fourth-order valence-electron chi connectivity index (χ4n) is 0.765. The lowest BCUT2D eigenvalue weighted by atomic mass is 10.2. The Balaban J connectivity index is 3.56. The summed E-state index contributed by atoms with van der Waals surface area (Å²) in [5.41, 5.74) is 0. The molecule has 0 atom stereocenters. The van der Waals surface area contributed by atoms with Crippen molar-refractivity contribution in [3.63, 3.8) is 0 Å². The highest BCUT2D eigenvalue weighted by atomic mass is 32.2. The molecule has 0 aliphatic rings. The number of carbonyl (C=O) groups is 1. The molecule has 2 N–H and O–H groups in total. The van der Waals surface area contributed by atoms with Gasteiger partial charge < -0.3 is 5.11 Å². The van der Waals surface area contributed by atoms with Crippen molar-refractivity contribution < 1.29 is 18.3 Å². The van der Waals surface area contributed by atoms with Crippen LogP contribution in [-0.4, -0.2) is 31.8 Å². The van der Waals surface area contributed by atoms with E-state index in [1.54, 1.807) is 0 Å². The van der Waals surface area contributed by atoms with Crippen LogP contribution in [0.1, 0.15) is 19.3 Å². The van der Waals surface area contributed by atoms with E-state index >= 15 is 0 Å². The number of nitriles is 1. The van der Waals surface area contributed by atoms with E-state index < -0.39 is 21.7 Å². The molecule has 6 nitrogen and oxygen atoms in total. The summed E-state index contributed by atoms with van der Waals surface area (Å²) in [6.45, 7) is 0.178. The molecule has 0 amide bonds. The molecule has 0 aromatic heterocycles. The molecule has 0 radical (unpaired) electrons. The molecule has 0 saturated heterocycles. The van der Waals surface area contributed by atoms with Crippen LogP contribution in [0.5, 0.6) is 0 Å². The van der Waals surface area contributed by atoms with Gasteiger partial charge in [0.25, 0.3) is 0 Å². The van der Waals surface area contributed by atoms with E-state index in [1.165, 1.54) is 6.07 Å². The van der Waals surface area contributed by atoms with Crippen molar-refractivity contribution in [1.29, 1.82) is 5.26 Å². The van der Waals surface area contributed by atoms with Gasteiger partial charge in [-0.1, -0.05) is 0 Å². The molecule has 0 aliphatic carbocycles. The van der Waals surface area contributed by atoms with Crippen molar-refractivity contribution in [2.75, 3.05) is 12.3 Å². The monoisotopic (exact) mass is 220 g/mol. The maximum Gasteiger partial charge on any atom is 0.303 e. The quantitative estimate of drug-likeness (QED) is 0.572. The number of hydrogen-bond acceptors (Lipinski definition) is 4. The molecular weight excluding hydrogens is 208 g/mol. The number of unbranched alkanes of at least 4 members (excludes halogenated alkanes) is 1. The highest BCUT2D eigenvalue weighted by molar-refractivity contribution is 7.89. The first kappa shape index (κ1) is 12.9. The van der Waals surface area contributed by atoms with Gasteiger partial charge in [-0.15, -0.1) is 0 Å². The molecule has 0 rings (SSSR count). The first-order valence-corrected chi connectivity index (χ1v) is 5.69. The Labute approximate surface area is 82.6 Å². The van der Waals surface area contributed by atoms with Gasteiger partial charge in [0.1, 0.15) is 0 Å². The highest BCUT2D eigenvalue weighted by Crippen LogP contribution is 1.94. The van der Waals surface area contributed by atoms with Crippen LogP contribution < -0.4 is 4.72 Å². The topological polar surface area (TPSA) is 107 Å². The average molecular weight is 220 g/mol. The van der Waals surface area contributed by atoms with Crippen LogP contribution in [0, 0.1) is 11.3 Å². The molecule has 0 aliphatic heterocycles. The predicted molar refractivity (Wildman–Crippen MR) is 48.9 cm³/mol. The number of rotatable bonds is 7. The maximum absolute atomic E-state index is 10.9. The van der Waals surface area contributed by atoms with Crippen molar-refractivity contribution in [3.8, 4) is 6.07 Å². The summed E-state index contributed by atoms with van der Waals surface area (Å²) in [6.07, 6.45) is 0.904. The Hall–Kier alpha value is -1.13. The third kappa shape index (κ3) is 7.52. The summed E-state index contributed by atoms with van der Waals surface area (Å²) >= 11 is 0. The second-order valence-electron chi connectivity index (χ2n) is 2.66. The Morgan fingerprint density at radius 2 is 2.07 bits per heavy atom. The molecule has 0 spiro atoms. The smallest absolute Gasteiger partial charge is 0.303 e. The molecule has 0 aromatic carbocycles. The maximum atomic E-state index is 10.9. The van der Waals surface area contributed by atoms with E-state index in [9.17, 15) is 13.2 Å². The van der Waals surface area contributed by atoms with Crippen molar-refractivity contribution in [2.45, 2.75) is 19.3 Å². The number of nitrogens with zero attached hydrogens (tertiary/aromatic N) is 1. The zero-order valence-electron chi connectivity index (χ0n) is 7.56. The van der Waals surface area contributed by atoms with Gasteiger partial charge in [0.05, 0.1) is 6.07 Å². The van der Waals surface area contributed by atoms with Crippen molar-refractivity contribution in [1.82, 2.24) is 4.72 Å². The Morgan fingerprint density at radius 3 is 2.57 bits per heavy atom. The molecule has 0 fully saturated rings. The van der Waals surface area contributed by atoms with Crippen LogP contribution in [0.25, 0.3) is 0 Å². The standard InChI is InChI=1S/C7H12N2O4S/c8-4-6-14(12,13)9-5-2-1-3-7(10)11/h9H,1-3,5-6H2,(H,10,11). The lowest BCUT2D eigenvalue weighted by molar-refractivity contribution is -0.137. The van der Waals surface area contributed by atoms with Crippen LogP contribution in [0.3, 0.4) is 0 Å². The SMILES string of the molecule is N#CCS(=O)(=O)NCCCCC(=O)O. The summed E-state index contributed by atoms with van der Waals surface area (Å²) in [6, 6.07) is 1.52. The van der Waals surface area contributed by atoms with Gasteiger partial charge in [0, 0.05) is 13.0 Å². The minimum absolute atomic E-state index is 0.0278. The molecule has 14 heavy (non-hydrogen) atoms. The first-order chi connectivity index (χ1) is 6.48. The Bertz CT molecular complexity index is 317. The zero-order valence-corrected chi connectivity index (χ0v) is 8.38. The number of sulfonamides is 1. The molecule has 0 unspecified atom stereocenters. The summed E-state index contributed by atoms with van der Waals surface area (Å²) in [5, 5.41) is 16.4. The van der Waals surface area contributed by atoms with Gasteiger partial charge in [0.2, 0.25) is 10.0 Å². The van der Waals surface area contributed by atoms with Crippen molar-refractivity contribution >= 4 is 16.0 Å². The molecule has 0 heterocycles. The van der Waals surface area contributed by atoms with Gasteiger partial charge in [-0.25, -0.2) is 13.1 Å². The zero-order chi connectivity index (χ0) is 11.0. The number of carboxylic acid groups (broad SMARTS) is 1. The van der Waals surface area contributed by atoms with Crippen LogP contribution in [0.2, 0.25) is 0 Å².